The highest BCUT2D eigenvalue weighted by molar-refractivity contribution is 7.98. The Kier molecular flexibility index (Phi) is 7.86. The number of hydrogen-bond acceptors (Lipinski definition) is 7. The molecular weight excluding hydrogens is 476 g/mol. The van der Waals surface area contributed by atoms with Crippen LogP contribution in [-0.4, -0.2) is 33.5 Å². The molecule has 0 aliphatic heterocycles. The second-order valence-electron chi connectivity index (χ2n) is 8.45. The third kappa shape index (κ3) is 4.79. The number of methoxy groups -OCH3 is 3. The lowest BCUT2D eigenvalue weighted by Crippen LogP contribution is -2.37. The fraction of sp³-hybridized carbons (Fsp3) is 0.286. The predicted octanol–water partition coefficient (Wildman–Crippen LogP) is 4.27. The molecule has 2 atom stereocenters. The van der Waals surface area contributed by atoms with Crippen molar-refractivity contribution in [1.82, 2.24) is 5.32 Å². The lowest BCUT2D eigenvalue weighted by Gasteiger charge is -2.21. The van der Waals surface area contributed by atoms with Gasteiger partial charge < -0.3 is 25.3 Å². The van der Waals surface area contributed by atoms with Gasteiger partial charge in [-0.3, -0.25) is 9.59 Å². The summed E-state index contributed by atoms with van der Waals surface area (Å²) in [6.45, 7) is 0. The molecule has 0 radical (unpaired) electrons. The topological polar surface area (TPSA) is 99.9 Å². The van der Waals surface area contributed by atoms with E-state index in [-0.39, 0.29) is 11.3 Å². The van der Waals surface area contributed by atoms with Crippen molar-refractivity contribution < 1.29 is 19.0 Å². The van der Waals surface area contributed by atoms with E-state index in [4.69, 9.17) is 19.9 Å². The van der Waals surface area contributed by atoms with Crippen LogP contribution in [0.2, 0.25) is 0 Å². The van der Waals surface area contributed by atoms with Gasteiger partial charge in [-0.1, -0.05) is 36.4 Å². The molecule has 1 aliphatic carbocycles. The summed E-state index contributed by atoms with van der Waals surface area (Å²) in [6.07, 6.45) is 3.03. The lowest BCUT2D eigenvalue weighted by atomic mass is 9.95. The Morgan fingerprint density at radius 2 is 1.75 bits per heavy atom. The second kappa shape index (κ2) is 11.1. The van der Waals surface area contributed by atoms with Crippen molar-refractivity contribution in [3.63, 3.8) is 0 Å². The molecule has 7 nitrogen and oxygen atoms in total. The summed E-state index contributed by atoms with van der Waals surface area (Å²) in [5.41, 5.74) is 10.2. The molecule has 0 saturated carbocycles. The molecule has 3 aromatic carbocycles. The number of benzene rings is 2. The number of carbonyl (C=O) groups excluding carboxylic acids is 1. The summed E-state index contributed by atoms with van der Waals surface area (Å²) in [5, 5.41) is 3.11. The van der Waals surface area contributed by atoms with E-state index < -0.39 is 12.1 Å². The molecular formula is C28H30N2O5S. The van der Waals surface area contributed by atoms with Crippen LogP contribution in [0, 0.1) is 0 Å². The summed E-state index contributed by atoms with van der Waals surface area (Å²) in [5.74, 6) is 1.23. The molecule has 8 heteroatoms. The highest BCUT2D eigenvalue weighted by Crippen LogP contribution is 2.50. The van der Waals surface area contributed by atoms with Crippen LogP contribution in [0.4, 0.5) is 0 Å². The molecule has 0 unspecified atom stereocenters. The Morgan fingerprint density at radius 1 is 1.03 bits per heavy atom. The summed E-state index contributed by atoms with van der Waals surface area (Å²) >= 11 is 1.38. The van der Waals surface area contributed by atoms with Gasteiger partial charge in [0.2, 0.25) is 11.7 Å². The van der Waals surface area contributed by atoms with Crippen molar-refractivity contribution in [3.05, 3.63) is 81.5 Å². The van der Waals surface area contributed by atoms with Crippen LogP contribution >= 0.6 is 11.8 Å². The zero-order valence-corrected chi connectivity index (χ0v) is 21.6. The minimum Gasteiger partial charge on any atom is -0.493 e. The molecule has 0 aromatic heterocycles. The van der Waals surface area contributed by atoms with Crippen molar-refractivity contribution in [1.29, 1.82) is 0 Å². The van der Waals surface area contributed by atoms with Crippen molar-refractivity contribution in [2.24, 2.45) is 5.73 Å². The molecule has 36 heavy (non-hydrogen) atoms. The molecule has 0 heterocycles. The first-order chi connectivity index (χ1) is 17.4. The highest BCUT2D eigenvalue weighted by atomic mass is 32.2. The summed E-state index contributed by atoms with van der Waals surface area (Å²) in [6, 6.07) is 15.2. The summed E-state index contributed by atoms with van der Waals surface area (Å²) < 4.78 is 17.0. The average Bonchev–Trinajstić information content (AvgIpc) is 3.15. The van der Waals surface area contributed by atoms with E-state index in [2.05, 4.69) is 5.32 Å². The van der Waals surface area contributed by atoms with Gasteiger partial charge >= 0.3 is 0 Å². The van der Waals surface area contributed by atoms with Crippen molar-refractivity contribution in [2.75, 3.05) is 27.6 Å². The van der Waals surface area contributed by atoms with Crippen LogP contribution in [0.1, 0.15) is 35.2 Å². The van der Waals surface area contributed by atoms with Gasteiger partial charge in [0.15, 0.2) is 16.9 Å². The molecule has 0 fully saturated rings. The molecule has 4 rings (SSSR count). The first-order valence-corrected chi connectivity index (χ1v) is 12.8. The van der Waals surface area contributed by atoms with E-state index >= 15 is 0 Å². The molecule has 1 amide bonds. The maximum absolute atomic E-state index is 13.2. The number of carbonyl (C=O) groups is 1. The van der Waals surface area contributed by atoms with Gasteiger partial charge in [-0.15, -0.1) is 11.8 Å². The van der Waals surface area contributed by atoms with Gasteiger partial charge in [-0.2, -0.15) is 0 Å². The molecule has 1 aliphatic rings. The zero-order chi connectivity index (χ0) is 25.8. The Labute approximate surface area is 215 Å². The van der Waals surface area contributed by atoms with Crippen molar-refractivity contribution >= 4 is 17.7 Å². The van der Waals surface area contributed by atoms with Gasteiger partial charge in [-0.25, -0.2) is 0 Å². The fourth-order valence-corrected chi connectivity index (χ4v) is 5.15. The number of nitrogens with two attached hydrogens (primary N) is 1. The Balaban J connectivity index is 1.89. The van der Waals surface area contributed by atoms with Gasteiger partial charge in [0.1, 0.15) is 6.04 Å². The number of hydrogen-bond donors (Lipinski definition) is 2. The van der Waals surface area contributed by atoms with E-state index in [1.54, 1.807) is 27.4 Å². The molecule has 188 valence electrons. The van der Waals surface area contributed by atoms with Gasteiger partial charge in [0.05, 0.1) is 32.3 Å². The van der Waals surface area contributed by atoms with E-state index in [0.29, 0.717) is 40.5 Å². The number of nitrogens with one attached hydrogen (secondary N) is 1. The first-order valence-electron chi connectivity index (χ1n) is 11.6. The maximum atomic E-state index is 13.2. The quantitative estimate of drug-likeness (QED) is 0.462. The van der Waals surface area contributed by atoms with Crippen LogP contribution < -0.4 is 30.7 Å². The number of ether oxygens (including phenoxy) is 3. The van der Waals surface area contributed by atoms with Crippen LogP contribution in [0.5, 0.6) is 17.2 Å². The van der Waals surface area contributed by atoms with E-state index in [0.717, 1.165) is 22.3 Å². The molecule has 3 aromatic rings. The van der Waals surface area contributed by atoms with Gasteiger partial charge in [0, 0.05) is 5.56 Å². The monoisotopic (exact) mass is 506 g/mol. The normalized spacial score (nSPS) is 15.1. The minimum atomic E-state index is -0.832. The Bertz CT molecular complexity index is 1330. The van der Waals surface area contributed by atoms with Gasteiger partial charge in [-0.05, 0) is 59.6 Å². The van der Waals surface area contributed by atoms with E-state index in [9.17, 15) is 9.59 Å². The standard InChI is InChI=1S/C28H30N2O5S/c1-33-22-14-17-10-12-20(30-28(32)25(29)16-8-6-5-7-9-16)19-15-21(31)23(36-4)13-11-18(19)24(17)27(35-3)26(22)34-2/h5-9,11,13-15,20,25H,10,12,29H2,1-4H3,(H,30,32)/t20-,25+/m0/s1. The number of rotatable bonds is 7. The second-order valence-corrected chi connectivity index (χ2v) is 9.30. The van der Waals surface area contributed by atoms with E-state index in [1.807, 2.05) is 54.8 Å². The Hall–Kier alpha value is -3.49. The first kappa shape index (κ1) is 25.6. The Morgan fingerprint density at radius 3 is 2.39 bits per heavy atom. The highest BCUT2D eigenvalue weighted by Gasteiger charge is 2.30. The molecule has 3 N–H and O–H groups in total. The van der Waals surface area contributed by atoms with Crippen LogP contribution in [0.25, 0.3) is 11.1 Å². The van der Waals surface area contributed by atoms with Crippen molar-refractivity contribution in [2.45, 2.75) is 29.8 Å². The number of amides is 1. The maximum Gasteiger partial charge on any atom is 0.241 e. The molecule has 0 bridgehead atoms. The third-order valence-corrected chi connectivity index (χ3v) is 7.26. The van der Waals surface area contributed by atoms with Crippen LogP contribution in [0.3, 0.4) is 0 Å². The number of aryl methyl sites for hydroxylation is 1. The largest absolute Gasteiger partial charge is 0.493 e. The molecule has 0 saturated heterocycles. The predicted molar refractivity (Wildman–Crippen MR) is 142 cm³/mol. The SMILES string of the molecule is COc1cc2c(c(OC)c1OC)-c1ccc(SC)c(=O)cc1[C@@H](NC(=O)[C@H](N)c1ccccc1)CC2. The summed E-state index contributed by atoms with van der Waals surface area (Å²) in [4.78, 5) is 26.9. The van der Waals surface area contributed by atoms with Crippen LogP contribution in [0.15, 0.2) is 64.3 Å². The average molecular weight is 507 g/mol. The minimum absolute atomic E-state index is 0.113. The smallest absolute Gasteiger partial charge is 0.241 e. The van der Waals surface area contributed by atoms with E-state index in [1.165, 1.54) is 11.8 Å². The number of fused-ring (bicyclic) bond motifs is 3. The fourth-order valence-electron chi connectivity index (χ4n) is 4.69. The van der Waals surface area contributed by atoms with Crippen LogP contribution in [-0.2, 0) is 11.2 Å². The van der Waals surface area contributed by atoms with Gasteiger partial charge in [0.25, 0.3) is 0 Å². The lowest BCUT2D eigenvalue weighted by molar-refractivity contribution is -0.123. The third-order valence-electron chi connectivity index (χ3n) is 6.48. The van der Waals surface area contributed by atoms with Crippen molar-refractivity contribution in [3.8, 4) is 28.4 Å². The molecule has 0 spiro atoms. The zero-order valence-electron chi connectivity index (χ0n) is 20.8. The number of thioether (sulfide) groups is 1. The summed E-state index contributed by atoms with van der Waals surface area (Å²) in [7, 11) is 4.72.